The normalized spacial score (nSPS) is 10.4. The molecule has 0 spiro atoms. The van der Waals surface area contributed by atoms with Gasteiger partial charge in [0.2, 0.25) is 5.89 Å². The summed E-state index contributed by atoms with van der Waals surface area (Å²) < 4.78 is 10.7. The fourth-order valence-electron chi connectivity index (χ4n) is 2.39. The first-order chi connectivity index (χ1) is 11.7. The van der Waals surface area contributed by atoms with Crippen LogP contribution in [0.1, 0.15) is 22.0 Å². The Morgan fingerprint density at radius 3 is 2.50 bits per heavy atom. The maximum absolute atomic E-state index is 12.2. The van der Waals surface area contributed by atoms with E-state index in [-0.39, 0.29) is 12.5 Å². The van der Waals surface area contributed by atoms with Crippen molar-refractivity contribution in [1.29, 1.82) is 0 Å². The quantitative estimate of drug-likeness (QED) is 0.779. The van der Waals surface area contributed by atoms with Gasteiger partial charge in [0.1, 0.15) is 17.2 Å². The molecule has 1 amide bonds. The van der Waals surface area contributed by atoms with Crippen LogP contribution in [0.5, 0.6) is 5.75 Å². The second-order valence-corrected chi connectivity index (χ2v) is 5.29. The van der Waals surface area contributed by atoms with E-state index in [0.717, 1.165) is 17.0 Å². The fraction of sp³-hybridized carbons (Fsp3) is 0.158. The van der Waals surface area contributed by atoms with E-state index in [2.05, 4.69) is 10.3 Å². The molecule has 5 heteroatoms. The number of aryl methyl sites for hydroxylation is 1. The van der Waals surface area contributed by atoms with E-state index in [1.165, 1.54) is 0 Å². The van der Waals surface area contributed by atoms with Crippen molar-refractivity contribution >= 4 is 5.91 Å². The Kier molecular flexibility index (Phi) is 4.61. The van der Waals surface area contributed by atoms with Crippen molar-refractivity contribution in [3.05, 3.63) is 71.8 Å². The molecule has 0 unspecified atom stereocenters. The summed E-state index contributed by atoms with van der Waals surface area (Å²) in [7, 11) is 1.59. The number of ether oxygens (including phenoxy) is 1. The minimum atomic E-state index is -0.185. The Bertz CT molecular complexity index is 824. The molecular weight excluding hydrogens is 304 g/mol. The molecule has 0 aliphatic rings. The Labute approximate surface area is 140 Å². The third-order valence-electron chi connectivity index (χ3n) is 3.64. The smallest absolute Gasteiger partial charge is 0.251 e. The minimum absolute atomic E-state index is 0.185. The molecular formula is C19H18N2O3. The predicted octanol–water partition coefficient (Wildman–Crippen LogP) is 3.59. The first kappa shape index (κ1) is 15.8. The molecule has 1 aromatic heterocycles. The van der Waals surface area contributed by atoms with Crippen molar-refractivity contribution in [1.82, 2.24) is 10.3 Å². The van der Waals surface area contributed by atoms with Gasteiger partial charge in [-0.2, -0.15) is 0 Å². The second-order valence-electron chi connectivity index (χ2n) is 5.29. The van der Waals surface area contributed by atoms with Crippen molar-refractivity contribution in [3.63, 3.8) is 0 Å². The summed E-state index contributed by atoms with van der Waals surface area (Å²) in [5.74, 6) is 1.74. The lowest BCUT2D eigenvalue weighted by atomic mass is 10.1. The molecule has 2 aromatic carbocycles. The third kappa shape index (κ3) is 3.46. The van der Waals surface area contributed by atoms with Gasteiger partial charge in [-0.15, -0.1) is 0 Å². The molecule has 0 aliphatic carbocycles. The van der Waals surface area contributed by atoms with Gasteiger partial charge in [0.25, 0.3) is 5.91 Å². The highest BCUT2D eigenvalue weighted by molar-refractivity contribution is 5.94. The molecule has 0 aliphatic heterocycles. The fourth-order valence-corrected chi connectivity index (χ4v) is 2.39. The predicted molar refractivity (Wildman–Crippen MR) is 90.8 cm³/mol. The standard InChI is InChI=1S/C19H18N2O3/c1-13-18(14-6-4-3-5-7-14)21-17(24-13)12-20-19(22)15-8-10-16(23-2)11-9-15/h3-11H,12H2,1-2H3,(H,20,22). The molecule has 1 heterocycles. The molecule has 3 aromatic rings. The van der Waals surface area contributed by atoms with Gasteiger partial charge < -0.3 is 14.5 Å². The topological polar surface area (TPSA) is 64.4 Å². The van der Waals surface area contributed by atoms with Gasteiger partial charge in [0.05, 0.1) is 13.7 Å². The monoisotopic (exact) mass is 322 g/mol. The first-order valence-electron chi connectivity index (χ1n) is 7.61. The van der Waals surface area contributed by atoms with Crippen LogP contribution < -0.4 is 10.1 Å². The van der Waals surface area contributed by atoms with E-state index in [0.29, 0.717) is 17.2 Å². The lowest BCUT2D eigenvalue weighted by molar-refractivity contribution is 0.0947. The van der Waals surface area contributed by atoms with E-state index >= 15 is 0 Å². The van der Waals surface area contributed by atoms with Crippen molar-refractivity contribution in [3.8, 4) is 17.0 Å². The van der Waals surface area contributed by atoms with Gasteiger partial charge in [-0.1, -0.05) is 30.3 Å². The second kappa shape index (κ2) is 7.00. The highest BCUT2D eigenvalue weighted by Gasteiger charge is 2.13. The lowest BCUT2D eigenvalue weighted by Gasteiger charge is -2.04. The van der Waals surface area contributed by atoms with Gasteiger partial charge in [-0.25, -0.2) is 4.98 Å². The van der Waals surface area contributed by atoms with E-state index < -0.39 is 0 Å². The van der Waals surface area contributed by atoms with Crippen LogP contribution in [0.3, 0.4) is 0 Å². The average molecular weight is 322 g/mol. The number of benzene rings is 2. The summed E-state index contributed by atoms with van der Waals surface area (Å²) in [6.45, 7) is 2.10. The molecule has 0 bridgehead atoms. The SMILES string of the molecule is COc1ccc(C(=O)NCc2nc(-c3ccccc3)c(C)o2)cc1. The number of amides is 1. The largest absolute Gasteiger partial charge is 0.497 e. The van der Waals surface area contributed by atoms with Crippen molar-refractivity contribution in [2.45, 2.75) is 13.5 Å². The number of carbonyl (C=O) groups excluding carboxylic acids is 1. The first-order valence-corrected chi connectivity index (χ1v) is 7.61. The van der Waals surface area contributed by atoms with Crippen LogP contribution in [0.4, 0.5) is 0 Å². The van der Waals surface area contributed by atoms with Crippen LogP contribution in [0.15, 0.2) is 59.0 Å². The molecule has 122 valence electrons. The number of carbonyl (C=O) groups is 1. The van der Waals surface area contributed by atoms with Gasteiger partial charge >= 0.3 is 0 Å². The van der Waals surface area contributed by atoms with Gasteiger partial charge in [0.15, 0.2) is 0 Å². The van der Waals surface area contributed by atoms with Crippen LogP contribution in [0.25, 0.3) is 11.3 Å². The average Bonchev–Trinajstić information content (AvgIpc) is 3.01. The molecule has 0 saturated heterocycles. The Hall–Kier alpha value is -3.08. The molecule has 0 atom stereocenters. The number of nitrogens with one attached hydrogen (secondary N) is 1. The third-order valence-corrected chi connectivity index (χ3v) is 3.64. The number of methoxy groups -OCH3 is 1. The summed E-state index contributed by atoms with van der Waals surface area (Å²) in [4.78, 5) is 16.6. The number of hydrogen-bond acceptors (Lipinski definition) is 4. The van der Waals surface area contributed by atoms with Crippen LogP contribution >= 0.6 is 0 Å². The van der Waals surface area contributed by atoms with Crippen molar-refractivity contribution < 1.29 is 13.9 Å². The molecule has 0 radical (unpaired) electrons. The maximum atomic E-state index is 12.2. The molecule has 0 fully saturated rings. The summed E-state index contributed by atoms with van der Waals surface area (Å²) in [6.07, 6.45) is 0. The molecule has 1 N–H and O–H groups in total. The van der Waals surface area contributed by atoms with E-state index in [1.54, 1.807) is 31.4 Å². The zero-order valence-corrected chi connectivity index (χ0v) is 13.6. The summed E-state index contributed by atoms with van der Waals surface area (Å²) in [6, 6.07) is 16.7. The number of aromatic nitrogens is 1. The number of nitrogens with zero attached hydrogens (tertiary/aromatic N) is 1. The van der Waals surface area contributed by atoms with Crippen LogP contribution in [0.2, 0.25) is 0 Å². The summed E-state index contributed by atoms with van der Waals surface area (Å²) in [5, 5.41) is 2.81. The van der Waals surface area contributed by atoms with Crippen LogP contribution in [-0.4, -0.2) is 18.0 Å². The Morgan fingerprint density at radius 1 is 1.12 bits per heavy atom. The van der Waals surface area contributed by atoms with Gasteiger partial charge in [-0.05, 0) is 31.2 Å². The van der Waals surface area contributed by atoms with Crippen LogP contribution in [0, 0.1) is 6.92 Å². The molecule has 0 saturated carbocycles. The summed E-state index contributed by atoms with van der Waals surface area (Å²) >= 11 is 0. The van der Waals surface area contributed by atoms with Crippen molar-refractivity contribution in [2.24, 2.45) is 0 Å². The Morgan fingerprint density at radius 2 is 1.83 bits per heavy atom. The minimum Gasteiger partial charge on any atom is -0.497 e. The lowest BCUT2D eigenvalue weighted by Crippen LogP contribution is -2.22. The van der Waals surface area contributed by atoms with Crippen molar-refractivity contribution in [2.75, 3.05) is 7.11 Å². The highest BCUT2D eigenvalue weighted by atomic mass is 16.5. The van der Waals surface area contributed by atoms with Crippen LogP contribution in [-0.2, 0) is 6.54 Å². The van der Waals surface area contributed by atoms with Gasteiger partial charge in [-0.3, -0.25) is 4.79 Å². The number of rotatable bonds is 5. The van der Waals surface area contributed by atoms with E-state index in [9.17, 15) is 4.79 Å². The maximum Gasteiger partial charge on any atom is 0.251 e. The highest BCUT2D eigenvalue weighted by Crippen LogP contribution is 2.23. The zero-order chi connectivity index (χ0) is 16.9. The molecule has 3 rings (SSSR count). The summed E-state index contributed by atoms with van der Waals surface area (Å²) in [5.41, 5.74) is 2.35. The van der Waals surface area contributed by atoms with E-state index in [1.807, 2.05) is 37.3 Å². The zero-order valence-electron chi connectivity index (χ0n) is 13.6. The van der Waals surface area contributed by atoms with Gasteiger partial charge in [0, 0.05) is 11.1 Å². The van der Waals surface area contributed by atoms with E-state index in [4.69, 9.17) is 9.15 Å². The number of oxazole rings is 1. The molecule has 5 nitrogen and oxygen atoms in total. The Balaban J connectivity index is 1.67. The molecule has 24 heavy (non-hydrogen) atoms. The number of hydrogen-bond donors (Lipinski definition) is 1.